The molecule has 0 aliphatic heterocycles. The average molecular weight is 309 g/mol. The summed E-state index contributed by atoms with van der Waals surface area (Å²) in [5.74, 6) is 0.724. The quantitative estimate of drug-likeness (QED) is 0.909. The molecule has 18 heavy (non-hydrogen) atoms. The van der Waals surface area contributed by atoms with Crippen LogP contribution in [0.25, 0.3) is 11.4 Å². The van der Waals surface area contributed by atoms with Crippen LogP contribution in [0, 0.1) is 0 Å². The maximum atomic E-state index is 11.9. The monoisotopic (exact) mass is 308 g/mol. The van der Waals surface area contributed by atoms with Crippen molar-refractivity contribution >= 4 is 21.7 Å². The number of anilines is 1. The van der Waals surface area contributed by atoms with Gasteiger partial charge in [0.1, 0.15) is 11.6 Å². The number of aromatic nitrogens is 3. The molecule has 6 heteroatoms. The lowest BCUT2D eigenvalue weighted by molar-refractivity contribution is 0.891. The van der Waals surface area contributed by atoms with E-state index in [0.29, 0.717) is 17.8 Å². The Balaban J connectivity index is 2.51. The molecule has 5 nitrogen and oxygen atoms in total. The third-order valence-corrected chi connectivity index (χ3v) is 2.96. The molecule has 0 saturated carbocycles. The van der Waals surface area contributed by atoms with Crippen LogP contribution in [-0.2, 0) is 6.42 Å². The molecule has 94 valence electrons. The van der Waals surface area contributed by atoms with E-state index in [9.17, 15) is 4.79 Å². The van der Waals surface area contributed by atoms with Gasteiger partial charge >= 0.3 is 0 Å². The molecule has 2 rings (SSSR count). The van der Waals surface area contributed by atoms with Gasteiger partial charge in [0.15, 0.2) is 0 Å². The number of halogens is 1. The van der Waals surface area contributed by atoms with Gasteiger partial charge in [-0.15, -0.1) is 0 Å². The fourth-order valence-corrected chi connectivity index (χ4v) is 2.05. The lowest BCUT2D eigenvalue weighted by atomic mass is 10.1. The maximum absolute atomic E-state index is 11.9. The Morgan fingerprint density at radius 1 is 1.44 bits per heavy atom. The van der Waals surface area contributed by atoms with Crippen LogP contribution in [0.3, 0.4) is 0 Å². The van der Waals surface area contributed by atoms with E-state index in [1.54, 1.807) is 12.4 Å². The van der Waals surface area contributed by atoms with Gasteiger partial charge < -0.3 is 10.7 Å². The lowest BCUT2D eigenvalue weighted by Crippen LogP contribution is -2.18. The number of pyridine rings is 1. The molecule has 0 spiro atoms. The van der Waals surface area contributed by atoms with E-state index in [1.165, 1.54) is 0 Å². The second kappa shape index (κ2) is 5.30. The number of nitrogens with zero attached hydrogens (tertiary/aromatic N) is 2. The topological polar surface area (TPSA) is 84.7 Å². The zero-order valence-electron chi connectivity index (χ0n) is 9.90. The van der Waals surface area contributed by atoms with Gasteiger partial charge in [-0.25, -0.2) is 4.98 Å². The van der Waals surface area contributed by atoms with Crippen molar-refractivity contribution in [3.63, 3.8) is 0 Å². The van der Waals surface area contributed by atoms with E-state index < -0.39 is 0 Å². The highest BCUT2D eigenvalue weighted by molar-refractivity contribution is 9.10. The number of nitrogens with one attached hydrogen (secondary N) is 1. The Morgan fingerprint density at radius 3 is 2.83 bits per heavy atom. The van der Waals surface area contributed by atoms with Gasteiger partial charge in [-0.2, -0.15) is 0 Å². The highest BCUT2D eigenvalue weighted by Gasteiger charge is 2.09. The molecule has 0 aliphatic rings. The molecule has 0 unspecified atom stereocenters. The van der Waals surface area contributed by atoms with Crippen LogP contribution in [-0.4, -0.2) is 15.0 Å². The number of aromatic amines is 1. The maximum Gasteiger partial charge on any atom is 0.256 e. The minimum atomic E-state index is -0.181. The molecule has 0 aliphatic carbocycles. The minimum Gasteiger partial charge on any atom is -0.383 e. The third kappa shape index (κ3) is 2.59. The Labute approximate surface area is 113 Å². The Hall–Kier alpha value is -1.69. The number of hydrogen-bond donors (Lipinski definition) is 2. The summed E-state index contributed by atoms with van der Waals surface area (Å²) in [6.07, 6.45) is 4.77. The second-order valence-electron chi connectivity index (χ2n) is 3.92. The fraction of sp³-hybridized carbons (Fsp3) is 0.250. The summed E-state index contributed by atoms with van der Waals surface area (Å²) in [4.78, 5) is 22.9. The molecule has 3 N–H and O–H groups in total. The number of H-pyrrole nitrogens is 1. The summed E-state index contributed by atoms with van der Waals surface area (Å²) in [6, 6.07) is 1.82. The summed E-state index contributed by atoms with van der Waals surface area (Å²) in [7, 11) is 0. The number of hydrogen-bond acceptors (Lipinski definition) is 4. The van der Waals surface area contributed by atoms with Crippen molar-refractivity contribution in [3.05, 3.63) is 38.9 Å². The van der Waals surface area contributed by atoms with Crippen LogP contribution >= 0.6 is 15.9 Å². The van der Waals surface area contributed by atoms with E-state index in [1.807, 2.05) is 13.0 Å². The molecule has 0 fully saturated rings. The third-order valence-electron chi connectivity index (χ3n) is 2.53. The number of nitrogen functional groups attached to an aromatic ring is 1. The first kappa shape index (κ1) is 12.8. The summed E-state index contributed by atoms with van der Waals surface area (Å²) < 4.78 is 0.818. The molecule has 0 radical (unpaired) electrons. The molecule has 0 aromatic carbocycles. The number of rotatable bonds is 3. The van der Waals surface area contributed by atoms with Gasteiger partial charge in [-0.1, -0.05) is 13.3 Å². The van der Waals surface area contributed by atoms with E-state index in [-0.39, 0.29) is 11.4 Å². The summed E-state index contributed by atoms with van der Waals surface area (Å²) in [6.45, 7) is 1.99. The van der Waals surface area contributed by atoms with Crippen LogP contribution in [0.4, 0.5) is 5.82 Å². The first-order valence-electron chi connectivity index (χ1n) is 5.61. The van der Waals surface area contributed by atoms with E-state index in [0.717, 1.165) is 16.5 Å². The average Bonchev–Trinajstić information content (AvgIpc) is 2.33. The zero-order valence-corrected chi connectivity index (χ0v) is 11.5. The van der Waals surface area contributed by atoms with E-state index >= 15 is 0 Å². The van der Waals surface area contributed by atoms with Crippen molar-refractivity contribution in [2.75, 3.05) is 5.73 Å². The van der Waals surface area contributed by atoms with Gasteiger partial charge in [0.25, 0.3) is 5.56 Å². The Bertz CT molecular complexity index is 624. The van der Waals surface area contributed by atoms with Crippen molar-refractivity contribution < 1.29 is 0 Å². The molecular formula is C12H13BrN4O. The van der Waals surface area contributed by atoms with Crippen LogP contribution in [0.15, 0.2) is 27.7 Å². The van der Waals surface area contributed by atoms with Crippen molar-refractivity contribution in [1.82, 2.24) is 15.0 Å². The molecule has 0 atom stereocenters. The smallest absolute Gasteiger partial charge is 0.256 e. The van der Waals surface area contributed by atoms with E-state index in [2.05, 4.69) is 30.9 Å². The molecule has 2 aromatic heterocycles. The summed E-state index contributed by atoms with van der Waals surface area (Å²) in [5, 5.41) is 0. The lowest BCUT2D eigenvalue weighted by Gasteiger charge is -2.06. The summed E-state index contributed by atoms with van der Waals surface area (Å²) in [5.41, 5.74) is 6.90. The first-order chi connectivity index (χ1) is 8.61. The second-order valence-corrected chi connectivity index (χ2v) is 4.84. The van der Waals surface area contributed by atoms with Gasteiger partial charge in [0.2, 0.25) is 0 Å². The van der Waals surface area contributed by atoms with Crippen LogP contribution in [0.5, 0.6) is 0 Å². The Kier molecular flexibility index (Phi) is 3.76. The molecule has 2 aromatic rings. The predicted octanol–water partition coefficient (Wildman–Crippen LogP) is 2.13. The molecular weight excluding hydrogens is 296 g/mol. The SMILES string of the molecule is CCCc1c(N)nc(-c2cncc(Br)c2)[nH]c1=O. The fourth-order valence-electron chi connectivity index (χ4n) is 1.68. The highest BCUT2D eigenvalue weighted by Crippen LogP contribution is 2.19. The van der Waals surface area contributed by atoms with Gasteiger partial charge in [-0.05, 0) is 28.4 Å². The molecule has 2 heterocycles. The first-order valence-corrected chi connectivity index (χ1v) is 6.40. The largest absolute Gasteiger partial charge is 0.383 e. The molecule has 0 amide bonds. The van der Waals surface area contributed by atoms with Gasteiger partial charge in [0, 0.05) is 22.4 Å². The Morgan fingerprint density at radius 2 is 2.22 bits per heavy atom. The molecule has 0 bridgehead atoms. The standard InChI is InChI=1S/C12H13BrN4O/c1-2-3-9-10(14)16-11(17-12(9)18)7-4-8(13)6-15-5-7/h4-6H,2-3H2,1H3,(H3,14,16,17,18). The van der Waals surface area contributed by atoms with Crippen molar-refractivity contribution in [3.8, 4) is 11.4 Å². The van der Waals surface area contributed by atoms with E-state index in [4.69, 9.17) is 5.73 Å². The summed E-state index contributed by atoms with van der Waals surface area (Å²) >= 11 is 3.32. The minimum absolute atomic E-state index is 0.181. The van der Waals surface area contributed by atoms with Crippen LogP contribution in [0.1, 0.15) is 18.9 Å². The molecule has 0 saturated heterocycles. The van der Waals surface area contributed by atoms with Crippen molar-refractivity contribution in [2.45, 2.75) is 19.8 Å². The normalized spacial score (nSPS) is 10.6. The zero-order chi connectivity index (χ0) is 13.1. The van der Waals surface area contributed by atoms with Gasteiger partial charge in [-0.3, -0.25) is 9.78 Å². The van der Waals surface area contributed by atoms with Crippen molar-refractivity contribution in [1.29, 1.82) is 0 Å². The van der Waals surface area contributed by atoms with Crippen molar-refractivity contribution in [2.24, 2.45) is 0 Å². The highest BCUT2D eigenvalue weighted by atomic mass is 79.9. The van der Waals surface area contributed by atoms with Crippen LogP contribution in [0.2, 0.25) is 0 Å². The van der Waals surface area contributed by atoms with Gasteiger partial charge in [0.05, 0.1) is 5.56 Å². The number of nitrogens with two attached hydrogens (primary N) is 1. The van der Waals surface area contributed by atoms with Crippen LogP contribution < -0.4 is 11.3 Å². The predicted molar refractivity (Wildman–Crippen MR) is 74.2 cm³/mol.